The summed E-state index contributed by atoms with van der Waals surface area (Å²) in [4.78, 5) is 26.9. The number of rotatable bonds is 10. The molecule has 2 amide bonds. The van der Waals surface area contributed by atoms with Crippen molar-refractivity contribution in [2.75, 3.05) is 32.2 Å². The van der Waals surface area contributed by atoms with Crippen LogP contribution in [0.5, 0.6) is 5.75 Å². The summed E-state index contributed by atoms with van der Waals surface area (Å²) in [6.45, 7) is 5.16. The molecule has 0 saturated carbocycles. The number of amides is 2. The maximum atomic E-state index is 12.9. The molecule has 0 aliphatic heterocycles. The SMILES string of the molecule is C=CCOc1ccc(C(=O)Nc2sc3c(c2C(=O)NCCCOC)CCCC3)cc1. The van der Waals surface area contributed by atoms with E-state index in [0.717, 1.165) is 37.7 Å². The number of methoxy groups -OCH3 is 1. The van der Waals surface area contributed by atoms with Crippen LogP contribution in [0.3, 0.4) is 0 Å². The van der Waals surface area contributed by atoms with Crippen LogP contribution in [-0.2, 0) is 17.6 Å². The second kappa shape index (κ2) is 10.9. The molecule has 6 nitrogen and oxygen atoms in total. The molecule has 1 aliphatic carbocycles. The number of hydrogen-bond acceptors (Lipinski definition) is 5. The first-order valence-corrected chi connectivity index (χ1v) is 11.0. The van der Waals surface area contributed by atoms with E-state index in [9.17, 15) is 9.59 Å². The molecular weight excluding hydrogens is 400 g/mol. The smallest absolute Gasteiger partial charge is 0.256 e. The summed E-state index contributed by atoms with van der Waals surface area (Å²) in [6.07, 6.45) is 6.42. The van der Waals surface area contributed by atoms with Crippen LogP contribution < -0.4 is 15.4 Å². The summed E-state index contributed by atoms with van der Waals surface area (Å²) in [5.74, 6) is 0.306. The number of thiophene rings is 1. The number of ether oxygens (including phenoxy) is 2. The largest absolute Gasteiger partial charge is 0.490 e. The zero-order chi connectivity index (χ0) is 21.3. The van der Waals surface area contributed by atoms with E-state index < -0.39 is 0 Å². The van der Waals surface area contributed by atoms with Crippen molar-refractivity contribution in [1.82, 2.24) is 5.32 Å². The quantitative estimate of drug-likeness (QED) is 0.439. The van der Waals surface area contributed by atoms with Crippen molar-refractivity contribution >= 4 is 28.2 Å². The van der Waals surface area contributed by atoms with Gasteiger partial charge in [-0.25, -0.2) is 0 Å². The predicted octanol–water partition coefficient (Wildman–Crippen LogP) is 4.21. The molecule has 2 aromatic rings. The highest BCUT2D eigenvalue weighted by atomic mass is 32.1. The van der Waals surface area contributed by atoms with Gasteiger partial charge in [-0.3, -0.25) is 9.59 Å². The molecule has 7 heteroatoms. The fourth-order valence-corrected chi connectivity index (χ4v) is 4.72. The topological polar surface area (TPSA) is 76.7 Å². The van der Waals surface area contributed by atoms with Crippen molar-refractivity contribution < 1.29 is 19.1 Å². The Balaban J connectivity index is 1.75. The van der Waals surface area contributed by atoms with Crippen LogP contribution in [0.15, 0.2) is 36.9 Å². The van der Waals surface area contributed by atoms with E-state index >= 15 is 0 Å². The monoisotopic (exact) mass is 428 g/mol. The Morgan fingerprint density at radius 1 is 1.17 bits per heavy atom. The number of carbonyl (C=O) groups is 2. The van der Waals surface area contributed by atoms with E-state index in [1.165, 1.54) is 16.2 Å². The molecular formula is C23H28N2O4S. The average Bonchev–Trinajstić information content (AvgIpc) is 3.13. The Morgan fingerprint density at radius 3 is 2.67 bits per heavy atom. The average molecular weight is 429 g/mol. The number of fused-ring (bicyclic) bond motifs is 1. The van der Waals surface area contributed by atoms with Crippen LogP contribution in [-0.4, -0.2) is 38.7 Å². The molecule has 0 fully saturated rings. The first-order valence-electron chi connectivity index (χ1n) is 10.2. The summed E-state index contributed by atoms with van der Waals surface area (Å²) in [5, 5.41) is 6.56. The highest BCUT2D eigenvalue weighted by molar-refractivity contribution is 7.17. The highest BCUT2D eigenvalue weighted by Gasteiger charge is 2.26. The molecule has 160 valence electrons. The van der Waals surface area contributed by atoms with E-state index in [-0.39, 0.29) is 11.8 Å². The summed E-state index contributed by atoms with van der Waals surface area (Å²) in [7, 11) is 1.64. The molecule has 1 aromatic heterocycles. The standard InChI is InChI=1S/C23H28N2O4S/c1-3-14-29-17-11-9-16(10-12-17)21(26)25-23-20(22(27)24-13-6-15-28-2)18-7-4-5-8-19(18)30-23/h3,9-12H,1,4-8,13-15H2,2H3,(H,24,27)(H,25,26). The highest BCUT2D eigenvalue weighted by Crippen LogP contribution is 2.38. The van der Waals surface area contributed by atoms with Crippen LogP contribution in [0.2, 0.25) is 0 Å². The summed E-state index contributed by atoms with van der Waals surface area (Å²) >= 11 is 1.52. The van der Waals surface area contributed by atoms with Crippen molar-refractivity contribution in [3.05, 3.63) is 58.5 Å². The molecule has 0 radical (unpaired) electrons. The first kappa shape index (κ1) is 22.1. The molecule has 30 heavy (non-hydrogen) atoms. The molecule has 1 aromatic carbocycles. The third-order valence-corrected chi connectivity index (χ3v) is 6.13. The lowest BCUT2D eigenvalue weighted by molar-refractivity contribution is 0.0948. The van der Waals surface area contributed by atoms with Crippen LogP contribution in [0.4, 0.5) is 5.00 Å². The van der Waals surface area contributed by atoms with Gasteiger partial charge in [0.1, 0.15) is 17.4 Å². The number of hydrogen-bond donors (Lipinski definition) is 2. The van der Waals surface area contributed by atoms with Gasteiger partial charge in [0.25, 0.3) is 11.8 Å². The van der Waals surface area contributed by atoms with Crippen LogP contribution in [0.1, 0.15) is 50.4 Å². The van der Waals surface area contributed by atoms with Crippen molar-refractivity contribution in [2.24, 2.45) is 0 Å². The summed E-state index contributed by atoms with van der Waals surface area (Å²) < 4.78 is 10.5. The van der Waals surface area contributed by atoms with Gasteiger partial charge >= 0.3 is 0 Å². The number of nitrogens with one attached hydrogen (secondary N) is 2. The van der Waals surface area contributed by atoms with Crippen LogP contribution in [0.25, 0.3) is 0 Å². The Labute approximate surface area is 181 Å². The molecule has 1 heterocycles. The van der Waals surface area contributed by atoms with E-state index in [0.29, 0.717) is 41.6 Å². The fourth-order valence-electron chi connectivity index (χ4n) is 3.43. The second-order valence-corrected chi connectivity index (χ2v) is 8.20. The van der Waals surface area contributed by atoms with Crippen molar-refractivity contribution in [2.45, 2.75) is 32.1 Å². The Hall–Kier alpha value is -2.64. The Kier molecular flexibility index (Phi) is 8.04. The molecule has 1 aliphatic rings. The normalized spacial score (nSPS) is 12.7. The third kappa shape index (κ3) is 5.49. The lowest BCUT2D eigenvalue weighted by Gasteiger charge is -2.13. The van der Waals surface area contributed by atoms with Gasteiger partial charge in [0.2, 0.25) is 0 Å². The van der Waals surface area contributed by atoms with Crippen LogP contribution >= 0.6 is 11.3 Å². The minimum Gasteiger partial charge on any atom is -0.490 e. The lowest BCUT2D eigenvalue weighted by atomic mass is 9.95. The number of anilines is 1. The molecule has 0 spiro atoms. The first-order chi connectivity index (χ1) is 14.6. The summed E-state index contributed by atoms with van der Waals surface area (Å²) in [6, 6.07) is 6.93. The molecule has 0 unspecified atom stereocenters. The van der Waals surface area contributed by atoms with Gasteiger partial charge in [0.05, 0.1) is 5.56 Å². The lowest BCUT2D eigenvalue weighted by Crippen LogP contribution is -2.27. The van der Waals surface area contributed by atoms with Crippen molar-refractivity contribution in [1.29, 1.82) is 0 Å². The minimum absolute atomic E-state index is 0.131. The van der Waals surface area contributed by atoms with E-state index in [1.807, 2.05) is 0 Å². The van der Waals surface area contributed by atoms with E-state index in [1.54, 1.807) is 37.5 Å². The molecule has 0 saturated heterocycles. The molecule has 3 rings (SSSR count). The second-order valence-electron chi connectivity index (χ2n) is 7.10. The Bertz CT molecular complexity index is 889. The van der Waals surface area contributed by atoms with E-state index in [2.05, 4.69) is 17.2 Å². The number of aryl methyl sites for hydroxylation is 1. The molecule has 0 bridgehead atoms. The zero-order valence-corrected chi connectivity index (χ0v) is 18.1. The van der Waals surface area contributed by atoms with E-state index in [4.69, 9.17) is 9.47 Å². The van der Waals surface area contributed by atoms with Gasteiger partial charge in [-0.2, -0.15) is 0 Å². The van der Waals surface area contributed by atoms with Gasteiger partial charge in [-0.15, -0.1) is 11.3 Å². The van der Waals surface area contributed by atoms with Gasteiger partial charge in [0, 0.05) is 30.7 Å². The van der Waals surface area contributed by atoms with Gasteiger partial charge in [-0.05, 0) is 61.9 Å². The minimum atomic E-state index is -0.239. The number of carbonyl (C=O) groups excluding carboxylic acids is 2. The van der Waals surface area contributed by atoms with Crippen LogP contribution in [0, 0.1) is 0 Å². The van der Waals surface area contributed by atoms with Crippen molar-refractivity contribution in [3.63, 3.8) is 0 Å². The summed E-state index contributed by atoms with van der Waals surface area (Å²) in [5.41, 5.74) is 2.21. The van der Waals surface area contributed by atoms with Gasteiger partial charge in [0.15, 0.2) is 0 Å². The maximum absolute atomic E-state index is 12.9. The fraction of sp³-hybridized carbons (Fsp3) is 0.391. The molecule has 0 atom stereocenters. The van der Waals surface area contributed by atoms with Gasteiger partial charge < -0.3 is 20.1 Å². The van der Waals surface area contributed by atoms with Gasteiger partial charge in [-0.1, -0.05) is 12.7 Å². The zero-order valence-electron chi connectivity index (χ0n) is 17.3. The van der Waals surface area contributed by atoms with Crippen molar-refractivity contribution in [3.8, 4) is 5.75 Å². The predicted molar refractivity (Wildman–Crippen MR) is 120 cm³/mol. The molecule has 2 N–H and O–H groups in total. The third-order valence-electron chi connectivity index (χ3n) is 4.92. The number of benzene rings is 1. The maximum Gasteiger partial charge on any atom is 0.256 e. The Morgan fingerprint density at radius 2 is 1.93 bits per heavy atom.